The van der Waals surface area contributed by atoms with Crippen LogP contribution in [0, 0.1) is 5.82 Å². The number of aryl methyl sites for hydroxylation is 1. The molecule has 0 saturated heterocycles. The van der Waals surface area contributed by atoms with Crippen molar-refractivity contribution in [1.29, 1.82) is 0 Å². The van der Waals surface area contributed by atoms with Crippen LogP contribution >= 0.6 is 11.3 Å². The Labute approximate surface area is 157 Å². The van der Waals surface area contributed by atoms with Crippen LogP contribution in [0.2, 0.25) is 0 Å². The summed E-state index contributed by atoms with van der Waals surface area (Å²) in [6, 6.07) is 7.09. The molecule has 140 valence electrons. The smallest absolute Gasteiger partial charge is 0.293 e. The van der Waals surface area contributed by atoms with Gasteiger partial charge < -0.3 is 9.15 Å². The van der Waals surface area contributed by atoms with E-state index in [2.05, 4.69) is 15.5 Å². The first-order valence-corrected chi connectivity index (χ1v) is 9.01. The highest BCUT2D eigenvalue weighted by molar-refractivity contribution is 7.15. The van der Waals surface area contributed by atoms with E-state index in [9.17, 15) is 14.0 Å². The Hall–Kier alpha value is -3.07. The molecule has 3 aromatic rings. The van der Waals surface area contributed by atoms with E-state index >= 15 is 0 Å². The van der Waals surface area contributed by atoms with E-state index in [1.807, 2.05) is 6.92 Å². The number of carbonyl (C=O) groups excluding carboxylic acids is 1. The molecule has 0 spiro atoms. The number of carbonyl (C=O) groups is 1. The van der Waals surface area contributed by atoms with Crippen LogP contribution in [0.1, 0.15) is 34.5 Å². The quantitative estimate of drug-likeness (QED) is 0.665. The molecule has 2 heterocycles. The molecule has 0 fully saturated rings. The van der Waals surface area contributed by atoms with Crippen molar-refractivity contribution in [2.24, 2.45) is 0 Å². The van der Waals surface area contributed by atoms with Crippen molar-refractivity contribution in [3.63, 3.8) is 0 Å². The molecule has 0 saturated carbocycles. The number of anilines is 1. The Morgan fingerprint density at radius 3 is 2.89 bits per heavy atom. The predicted molar refractivity (Wildman–Crippen MR) is 97.6 cm³/mol. The molecule has 9 heteroatoms. The van der Waals surface area contributed by atoms with Crippen molar-refractivity contribution in [2.45, 2.75) is 26.4 Å². The first-order chi connectivity index (χ1) is 13.1. The van der Waals surface area contributed by atoms with E-state index in [1.165, 1.54) is 17.4 Å². The van der Waals surface area contributed by atoms with Gasteiger partial charge in [0.15, 0.2) is 5.76 Å². The number of hydrogen-bond donors (Lipinski definition) is 1. The molecule has 3 rings (SSSR count). The number of aromatic nitrogens is 2. The monoisotopic (exact) mass is 389 g/mol. The third-order valence-corrected chi connectivity index (χ3v) is 4.41. The van der Waals surface area contributed by atoms with E-state index in [-0.39, 0.29) is 18.1 Å². The van der Waals surface area contributed by atoms with Crippen LogP contribution in [0.3, 0.4) is 0 Å². The summed E-state index contributed by atoms with van der Waals surface area (Å²) in [5.41, 5.74) is -0.246. The lowest BCUT2D eigenvalue weighted by Crippen LogP contribution is -2.15. The molecule has 27 heavy (non-hydrogen) atoms. The fourth-order valence-corrected chi connectivity index (χ4v) is 3.01. The lowest BCUT2D eigenvalue weighted by Gasteiger charge is -2.06. The van der Waals surface area contributed by atoms with E-state index in [4.69, 9.17) is 9.15 Å². The average molecular weight is 389 g/mol. The molecule has 7 nitrogen and oxygen atoms in total. The first kappa shape index (κ1) is 18.7. The second-order valence-corrected chi connectivity index (χ2v) is 6.62. The number of halogens is 1. The van der Waals surface area contributed by atoms with Gasteiger partial charge in [0.05, 0.1) is 0 Å². The van der Waals surface area contributed by atoms with Gasteiger partial charge in [-0.2, -0.15) is 0 Å². The van der Waals surface area contributed by atoms with Gasteiger partial charge in [0.2, 0.25) is 16.3 Å². The van der Waals surface area contributed by atoms with Crippen molar-refractivity contribution < 1.29 is 18.3 Å². The van der Waals surface area contributed by atoms with Gasteiger partial charge in [0, 0.05) is 18.1 Å². The number of rotatable bonds is 7. The summed E-state index contributed by atoms with van der Waals surface area (Å²) in [6.07, 6.45) is 2.73. The molecule has 0 unspecified atom stereocenters. The van der Waals surface area contributed by atoms with Crippen LogP contribution < -0.4 is 15.5 Å². The highest BCUT2D eigenvalue weighted by Crippen LogP contribution is 2.18. The second kappa shape index (κ2) is 8.54. The number of nitrogens with zero attached hydrogens (tertiary/aromatic N) is 2. The highest BCUT2D eigenvalue weighted by atomic mass is 32.1. The minimum atomic E-state index is -0.619. The van der Waals surface area contributed by atoms with Gasteiger partial charge in [-0.25, -0.2) is 4.39 Å². The van der Waals surface area contributed by atoms with Gasteiger partial charge >= 0.3 is 0 Å². The first-order valence-electron chi connectivity index (χ1n) is 8.19. The SMILES string of the molecule is CCCc1nnc(NC(=O)c2cc(=O)c(OCc3ccccc3F)co2)s1. The Bertz CT molecular complexity index is 1000. The lowest BCUT2D eigenvalue weighted by atomic mass is 10.2. The number of ether oxygens (including phenoxy) is 1. The van der Waals surface area contributed by atoms with Crippen molar-refractivity contribution >= 4 is 22.4 Å². The molecule has 0 aliphatic heterocycles. The normalized spacial score (nSPS) is 10.6. The van der Waals surface area contributed by atoms with Crippen molar-refractivity contribution in [3.05, 3.63) is 69.0 Å². The van der Waals surface area contributed by atoms with Crippen LogP contribution in [-0.2, 0) is 13.0 Å². The Morgan fingerprint density at radius 1 is 1.33 bits per heavy atom. The van der Waals surface area contributed by atoms with E-state index in [1.54, 1.807) is 18.2 Å². The summed E-state index contributed by atoms with van der Waals surface area (Å²) in [6.45, 7) is 1.89. The number of hydrogen-bond acceptors (Lipinski definition) is 7. The van der Waals surface area contributed by atoms with Gasteiger partial charge in [-0.15, -0.1) is 10.2 Å². The summed E-state index contributed by atoms with van der Waals surface area (Å²) in [5.74, 6) is -1.36. The van der Waals surface area contributed by atoms with Crippen LogP contribution in [0.25, 0.3) is 0 Å². The molecule has 0 aliphatic rings. The zero-order valence-corrected chi connectivity index (χ0v) is 15.2. The van der Waals surface area contributed by atoms with E-state index in [0.717, 1.165) is 30.2 Å². The molecule has 0 bridgehead atoms. The third kappa shape index (κ3) is 4.76. The number of amides is 1. The third-order valence-electron chi connectivity index (χ3n) is 3.51. The molecule has 1 N–H and O–H groups in total. The fraction of sp³-hybridized carbons (Fsp3) is 0.222. The zero-order chi connectivity index (χ0) is 19.2. The fourth-order valence-electron chi connectivity index (χ4n) is 2.17. The second-order valence-electron chi connectivity index (χ2n) is 5.56. The summed E-state index contributed by atoms with van der Waals surface area (Å²) in [7, 11) is 0. The van der Waals surface area contributed by atoms with Crippen LogP contribution in [-0.4, -0.2) is 16.1 Å². The Balaban J connectivity index is 1.65. The largest absolute Gasteiger partial charge is 0.482 e. The molecule has 1 amide bonds. The molecular weight excluding hydrogens is 373 g/mol. The van der Waals surface area contributed by atoms with E-state index < -0.39 is 17.2 Å². The molecule has 0 aliphatic carbocycles. The minimum absolute atomic E-state index is 0.115. The van der Waals surface area contributed by atoms with Gasteiger partial charge in [-0.1, -0.05) is 36.5 Å². The molecular formula is C18H16FN3O4S. The lowest BCUT2D eigenvalue weighted by molar-refractivity contribution is 0.0993. The topological polar surface area (TPSA) is 94.3 Å². The zero-order valence-electron chi connectivity index (χ0n) is 14.4. The summed E-state index contributed by atoms with van der Waals surface area (Å²) in [4.78, 5) is 24.3. The van der Waals surface area contributed by atoms with Gasteiger partial charge in [-0.3, -0.25) is 14.9 Å². The average Bonchev–Trinajstić information content (AvgIpc) is 3.09. The maximum absolute atomic E-state index is 13.6. The van der Waals surface area contributed by atoms with Gasteiger partial charge in [-0.05, 0) is 12.5 Å². The maximum Gasteiger partial charge on any atom is 0.293 e. The van der Waals surface area contributed by atoms with Crippen LogP contribution in [0.15, 0.2) is 45.8 Å². The standard InChI is InChI=1S/C18H16FN3O4S/c1-2-5-16-21-22-18(27-16)20-17(24)14-8-13(23)15(10-26-14)25-9-11-6-3-4-7-12(11)19/h3-4,6-8,10H,2,5,9H2,1H3,(H,20,22,24). The van der Waals surface area contributed by atoms with Crippen molar-refractivity contribution in [2.75, 3.05) is 5.32 Å². The Morgan fingerprint density at radius 2 is 2.15 bits per heavy atom. The van der Waals surface area contributed by atoms with Crippen molar-refractivity contribution in [3.8, 4) is 5.75 Å². The summed E-state index contributed by atoms with van der Waals surface area (Å²) < 4.78 is 24.0. The minimum Gasteiger partial charge on any atom is -0.482 e. The molecule has 2 aromatic heterocycles. The summed E-state index contributed by atoms with van der Waals surface area (Å²) in [5, 5.41) is 11.5. The van der Waals surface area contributed by atoms with Crippen LogP contribution in [0.4, 0.5) is 9.52 Å². The van der Waals surface area contributed by atoms with Gasteiger partial charge in [0.25, 0.3) is 5.91 Å². The molecule has 0 atom stereocenters. The number of nitrogens with one attached hydrogen (secondary N) is 1. The predicted octanol–water partition coefficient (Wildman–Crippen LogP) is 3.41. The highest BCUT2D eigenvalue weighted by Gasteiger charge is 2.15. The maximum atomic E-state index is 13.6. The Kier molecular flexibility index (Phi) is 5.92. The molecule has 1 aromatic carbocycles. The summed E-state index contributed by atoms with van der Waals surface area (Å²) >= 11 is 1.26. The van der Waals surface area contributed by atoms with Gasteiger partial charge in [0.1, 0.15) is 23.7 Å². The number of benzene rings is 1. The van der Waals surface area contributed by atoms with Crippen LogP contribution in [0.5, 0.6) is 5.75 Å². The molecule has 0 radical (unpaired) electrons. The van der Waals surface area contributed by atoms with Crippen molar-refractivity contribution in [1.82, 2.24) is 10.2 Å². The van der Waals surface area contributed by atoms with E-state index in [0.29, 0.717) is 10.7 Å².